The first-order valence-corrected chi connectivity index (χ1v) is 7.06. The van der Waals surface area contributed by atoms with Crippen molar-refractivity contribution in [2.24, 2.45) is 17.3 Å². The number of hydrogen-bond donors (Lipinski definition) is 0. The van der Waals surface area contributed by atoms with Gasteiger partial charge in [0.05, 0.1) is 0 Å². The maximum absolute atomic E-state index is 5.89. The van der Waals surface area contributed by atoms with E-state index in [1.165, 1.54) is 24.8 Å². The second kappa shape index (κ2) is 3.58. The van der Waals surface area contributed by atoms with Crippen molar-refractivity contribution in [2.75, 3.05) is 0 Å². The van der Waals surface area contributed by atoms with Crippen LogP contribution in [0.2, 0.25) is 0 Å². The Morgan fingerprint density at radius 3 is 2.88 bits per heavy atom. The number of rotatable bonds is 1. The van der Waals surface area contributed by atoms with Crippen LogP contribution < -0.4 is 0 Å². The van der Waals surface area contributed by atoms with Gasteiger partial charge in [-0.2, -0.15) is 0 Å². The third-order valence-electron chi connectivity index (χ3n) is 5.40. The van der Waals surface area contributed by atoms with Gasteiger partial charge in [-0.25, -0.2) is 9.78 Å². The molecule has 2 heterocycles. The van der Waals surface area contributed by atoms with Crippen LogP contribution in [0, 0.1) is 17.3 Å². The SMILES string of the molecule is CC(C)C1=CC23OOC1CC2(C)CCCC3C. The third-order valence-corrected chi connectivity index (χ3v) is 5.40. The zero-order valence-corrected chi connectivity index (χ0v) is 11.5. The lowest BCUT2D eigenvalue weighted by Gasteiger charge is -2.60. The molecule has 4 atom stereocenters. The first-order valence-electron chi connectivity index (χ1n) is 7.06. The van der Waals surface area contributed by atoms with Crippen molar-refractivity contribution in [2.45, 2.75) is 65.1 Å². The van der Waals surface area contributed by atoms with Crippen molar-refractivity contribution in [3.05, 3.63) is 11.6 Å². The molecule has 96 valence electrons. The summed E-state index contributed by atoms with van der Waals surface area (Å²) >= 11 is 0. The summed E-state index contributed by atoms with van der Waals surface area (Å²) in [7, 11) is 0. The molecule has 2 aliphatic heterocycles. The second-order valence-corrected chi connectivity index (χ2v) is 6.82. The summed E-state index contributed by atoms with van der Waals surface area (Å²) in [4.78, 5) is 11.6. The Hall–Kier alpha value is -0.340. The Labute approximate surface area is 104 Å². The highest BCUT2D eigenvalue weighted by atomic mass is 17.2. The fourth-order valence-corrected chi connectivity index (χ4v) is 4.22. The van der Waals surface area contributed by atoms with Gasteiger partial charge in [0, 0.05) is 5.41 Å². The summed E-state index contributed by atoms with van der Waals surface area (Å²) in [6.45, 7) is 9.24. The van der Waals surface area contributed by atoms with Gasteiger partial charge >= 0.3 is 0 Å². The molecule has 2 fully saturated rings. The van der Waals surface area contributed by atoms with E-state index in [4.69, 9.17) is 9.78 Å². The summed E-state index contributed by atoms with van der Waals surface area (Å²) in [5.74, 6) is 1.13. The molecule has 0 aromatic heterocycles. The topological polar surface area (TPSA) is 18.5 Å². The summed E-state index contributed by atoms with van der Waals surface area (Å²) in [6, 6.07) is 0. The van der Waals surface area contributed by atoms with E-state index in [0.29, 0.717) is 11.8 Å². The third kappa shape index (κ3) is 1.40. The smallest absolute Gasteiger partial charge is 0.130 e. The maximum Gasteiger partial charge on any atom is 0.130 e. The van der Waals surface area contributed by atoms with E-state index in [1.54, 1.807) is 0 Å². The summed E-state index contributed by atoms with van der Waals surface area (Å²) in [5, 5.41) is 0. The van der Waals surface area contributed by atoms with E-state index in [-0.39, 0.29) is 17.1 Å². The molecule has 0 aromatic carbocycles. The van der Waals surface area contributed by atoms with Crippen LogP contribution >= 0.6 is 0 Å². The highest BCUT2D eigenvalue weighted by molar-refractivity contribution is 5.30. The highest BCUT2D eigenvalue weighted by Gasteiger charge is 2.61. The molecule has 2 aliphatic carbocycles. The van der Waals surface area contributed by atoms with Crippen LogP contribution in [0.4, 0.5) is 0 Å². The van der Waals surface area contributed by atoms with E-state index in [0.717, 1.165) is 6.42 Å². The van der Waals surface area contributed by atoms with Crippen LogP contribution in [-0.4, -0.2) is 11.7 Å². The first kappa shape index (κ1) is 11.7. The molecule has 17 heavy (non-hydrogen) atoms. The average molecular weight is 236 g/mol. The van der Waals surface area contributed by atoms with E-state index in [9.17, 15) is 0 Å². The van der Waals surface area contributed by atoms with Gasteiger partial charge in [0.1, 0.15) is 11.7 Å². The minimum atomic E-state index is -0.153. The molecule has 4 aliphatic rings. The van der Waals surface area contributed by atoms with Crippen molar-refractivity contribution < 1.29 is 9.78 Å². The number of fused-ring (bicyclic) bond motifs is 1. The van der Waals surface area contributed by atoms with E-state index in [1.807, 2.05) is 0 Å². The van der Waals surface area contributed by atoms with Gasteiger partial charge in [-0.15, -0.1) is 0 Å². The summed E-state index contributed by atoms with van der Waals surface area (Å²) in [5.41, 5.74) is 1.59. The van der Waals surface area contributed by atoms with Crippen LogP contribution in [0.1, 0.15) is 53.4 Å². The van der Waals surface area contributed by atoms with E-state index in [2.05, 4.69) is 33.8 Å². The molecule has 4 unspecified atom stereocenters. The minimum Gasteiger partial charge on any atom is -0.228 e. The predicted molar refractivity (Wildman–Crippen MR) is 67.3 cm³/mol. The van der Waals surface area contributed by atoms with Crippen LogP contribution in [0.5, 0.6) is 0 Å². The van der Waals surface area contributed by atoms with E-state index >= 15 is 0 Å². The van der Waals surface area contributed by atoms with Crippen LogP contribution in [0.3, 0.4) is 0 Å². The molecule has 1 saturated heterocycles. The highest BCUT2D eigenvalue weighted by Crippen LogP contribution is 2.60. The van der Waals surface area contributed by atoms with Crippen molar-refractivity contribution in [3.8, 4) is 0 Å². The van der Waals surface area contributed by atoms with Crippen molar-refractivity contribution in [3.63, 3.8) is 0 Å². The van der Waals surface area contributed by atoms with Gasteiger partial charge in [-0.1, -0.05) is 34.1 Å². The molecule has 1 spiro atoms. The normalized spacial score (nSPS) is 49.1. The molecule has 2 heteroatoms. The van der Waals surface area contributed by atoms with Gasteiger partial charge in [0.15, 0.2) is 0 Å². The van der Waals surface area contributed by atoms with Crippen molar-refractivity contribution >= 4 is 0 Å². The minimum absolute atomic E-state index is 0.153. The molecule has 0 radical (unpaired) electrons. The summed E-state index contributed by atoms with van der Waals surface area (Å²) < 4.78 is 0. The quantitative estimate of drug-likeness (QED) is 0.508. The van der Waals surface area contributed by atoms with Crippen LogP contribution in [0.15, 0.2) is 11.6 Å². The van der Waals surface area contributed by atoms with Gasteiger partial charge in [-0.3, -0.25) is 0 Å². The Morgan fingerprint density at radius 2 is 2.18 bits per heavy atom. The Balaban J connectivity index is 2.09. The molecule has 4 rings (SSSR count). The molecular formula is C15H24O2. The average Bonchev–Trinajstić information content (AvgIpc) is 2.28. The fourth-order valence-electron chi connectivity index (χ4n) is 4.22. The predicted octanol–water partition coefficient (Wildman–Crippen LogP) is 3.87. The molecule has 0 N–H and O–H groups in total. The monoisotopic (exact) mass is 236 g/mol. The molecule has 1 saturated carbocycles. The molecule has 0 aromatic rings. The largest absolute Gasteiger partial charge is 0.228 e. The second-order valence-electron chi connectivity index (χ2n) is 6.82. The Kier molecular flexibility index (Phi) is 2.47. The lowest BCUT2D eigenvalue weighted by Crippen LogP contribution is -2.62. The molecule has 2 nitrogen and oxygen atoms in total. The van der Waals surface area contributed by atoms with Crippen LogP contribution in [0.25, 0.3) is 0 Å². The van der Waals surface area contributed by atoms with Crippen molar-refractivity contribution in [1.82, 2.24) is 0 Å². The molecular weight excluding hydrogens is 212 g/mol. The summed E-state index contributed by atoms with van der Waals surface area (Å²) in [6.07, 6.45) is 7.64. The van der Waals surface area contributed by atoms with Gasteiger partial charge < -0.3 is 0 Å². The zero-order chi connectivity index (χ0) is 12.3. The lowest BCUT2D eigenvalue weighted by atomic mass is 9.53. The number of hydrogen-bond acceptors (Lipinski definition) is 2. The standard InChI is InChI=1S/C15H24O2/c1-10(2)12-8-15-11(3)6-5-7-14(15,4)9-13(12)16-17-15/h8,10-11,13H,5-7,9H2,1-4H3. The molecule has 2 bridgehead atoms. The molecule has 0 amide bonds. The zero-order valence-electron chi connectivity index (χ0n) is 11.5. The fraction of sp³-hybridized carbons (Fsp3) is 0.867. The van der Waals surface area contributed by atoms with E-state index < -0.39 is 0 Å². The lowest BCUT2D eigenvalue weighted by molar-refractivity contribution is -0.445. The maximum atomic E-state index is 5.89. The van der Waals surface area contributed by atoms with Gasteiger partial charge in [0.25, 0.3) is 0 Å². The first-order chi connectivity index (χ1) is 7.98. The van der Waals surface area contributed by atoms with Crippen LogP contribution in [-0.2, 0) is 9.78 Å². The Bertz CT molecular complexity index is 360. The van der Waals surface area contributed by atoms with Gasteiger partial charge in [0.2, 0.25) is 0 Å². The Morgan fingerprint density at radius 1 is 1.41 bits per heavy atom. The van der Waals surface area contributed by atoms with Crippen molar-refractivity contribution in [1.29, 1.82) is 0 Å². The van der Waals surface area contributed by atoms with Gasteiger partial charge in [-0.05, 0) is 42.7 Å².